The lowest BCUT2D eigenvalue weighted by Gasteiger charge is -2.07. The molecule has 0 amide bonds. The van der Waals surface area contributed by atoms with Crippen LogP contribution in [0, 0.1) is 19.7 Å². The molecule has 0 aliphatic rings. The highest BCUT2D eigenvalue weighted by Crippen LogP contribution is 2.28. The molecule has 4 rings (SSSR count). The minimum absolute atomic E-state index is 0.313. The first-order chi connectivity index (χ1) is 12.0. The van der Waals surface area contributed by atoms with Crippen molar-refractivity contribution in [1.82, 2.24) is 14.6 Å². The SMILES string of the molecule is Cc1ccc(-c2ccc(-c3cn4nc(N)ccc4n3)c(F)c2)cc1C. The number of halogens is 1. The van der Waals surface area contributed by atoms with Gasteiger partial charge in [-0.2, -0.15) is 0 Å². The smallest absolute Gasteiger partial charge is 0.154 e. The molecule has 0 spiro atoms. The second-order valence-corrected chi connectivity index (χ2v) is 6.18. The molecule has 0 atom stereocenters. The van der Waals surface area contributed by atoms with Gasteiger partial charge in [-0.15, -0.1) is 5.10 Å². The summed E-state index contributed by atoms with van der Waals surface area (Å²) in [7, 11) is 0. The van der Waals surface area contributed by atoms with E-state index in [1.165, 1.54) is 11.1 Å². The maximum absolute atomic E-state index is 14.7. The minimum Gasteiger partial charge on any atom is -0.382 e. The number of rotatable bonds is 2. The van der Waals surface area contributed by atoms with Gasteiger partial charge in [0.1, 0.15) is 11.6 Å². The first-order valence-electron chi connectivity index (χ1n) is 8.01. The third kappa shape index (κ3) is 2.74. The molecule has 124 valence electrons. The third-order valence-electron chi connectivity index (χ3n) is 4.43. The van der Waals surface area contributed by atoms with Crippen LogP contribution in [-0.2, 0) is 0 Å². The number of nitrogens with zero attached hydrogens (tertiary/aromatic N) is 3. The van der Waals surface area contributed by atoms with Crippen molar-refractivity contribution >= 4 is 11.5 Å². The normalized spacial score (nSPS) is 11.2. The summed E-state index contributed by atoms with van der Waals surface area (Å²) in [6.45, 7) is 4.12. The Morgan fingerprint density at radius 2 is 1.68 bits per heavy atom. The van der Waals surface area contributed by atoms with Gasteiger partial charge >= 0.3 is 0 Å². The van der Waals surface area contributed by atoms with Gasteiger partial charge in [-0.25, -0.2) is 13.9 Å². The van der Waals surface area contributed by atoms with Gasteiger partial charge in [0, 0.05) is 5.56 Å². The first kappa shape index (κ1) is 15.3. The zero-order chi connectivity index (χ0) is 17.6. The summed E-state index contributed by atoms with van der Waals surface area (Å²) in [5, 5.41) is 4.14. The Labute approximate surface area is 144 Å². The van der Waals surface area contributed by atoms with Crippen LogP contribution in [0.5, 0.6) is 0 Å². The number of nitrogen functional groups attached to an aromatic ring is 1. The summed E-state index contributed by atoms with van der Waals surface area (Å²) in [4.78, 5) is 4.42. The molecule has 5 heteroatoms. The molecule has 25 heavy (non-hydrogen) atoms. The van der Waals surface area contributed by atoms with E-state index in [-0.39, 0.29) is 5.82 Å². The number of aryl methyl sites for hydroxylation is 2. The molecule has 0 saturated heterocycles. The first-order valence-corrected chi connectivity index (χ1v) is 8.01. The Balaban J connectivity index is 1.77. The Bertz CT molecular complexity index is 1100. The van der Waals surface area contributed by atoms with E-state index in [1.807, 2.05) is 12.1 Å². The van der Waals surface area contributed by atoms with Gasteiger partial charge in [0.05, 0.1) is 11.9 Å². The third-order valence-corrected chi connectivity index (χ3v) is 4.43. The topological polar surface area (TPSA) is 56.2 Å². The highest BCUT2D eigenvalue weighted by Gasteiger charge is 2.12. The molecule has 0 unspecified atom stereocenters. The highest BCUT2D eigenvalue weighted by molar-refractivity contribution is 5.71. The lowest BCUT2D eigenvalue weighted by molar-refractivity contribution is 0.631. The van der Waals surface area contributed by atoms with E-state index in [4.69, 9.17) is 5.73 Å². The van der Waals surface area contributed by atoms with Crippen LogP contribution in [0.25, 0.3) is 28.0 Å². The monoisotopic (exact) mass is 332 g/mol. The van der Waals surface area contributed by atoms with E-state index in [9.17, 15) is 4.39 Å². The van der Waals surface area contributed by atoms with Crippen molar-refractivity contribution in [2.24, 2.45) is 0 Å². The van der Waals surface area contributed by atoms with Gasteiger partial charge in [0.2, 0.25) is 0 Å². The average Bonchev–Trinajstić information content (AvgIpc) is 3.00. The van der Waals surface area contributed by atoms with Crippen molar-refractivity contribution < 1.29 is 4.39 Å². The average molecular weight is 332 g/mol. The van der Waals surface area contributed by atoms with E-state index in [0.29, 0.717) is 22.7 Å². The maximum atomic E-state index is 14.7. The molecule has 0 saturated carbocycles. The molecular weight excluding hydrogens is 315 g/mol. The molecule has 4 aromatic rings. The van der Waals surface area contributed by atoms with Crippen molar-refractivity contribution in [3.8, 4) is 22.4 Å². The summed E-state index contributed by atoms with van der Waals surface area (Å²) < 4.78 is 16.3. The van der Waals surface area contributed by atoms with Crippen molar-refractivity contribution in [1.29, 1.82) is 0 Å². The number of imidazole rings is 1. The second kappa shape index (κ2) is 5.70. The van der Waals surface area contributed by atoms with E-state index in [2.05, 4.69) is 36.1 Å². The van der Waals surface area contributed by atoms with Crippen LogP contribution in [0.15, 0.2) is 54.7 Å². The fourth-order valence-corrected chi connectivity index (χ4v) is 2.85. The van der Waals surface area contributed by atoms with Crippen LogP contribution >= 0.6 is 0 Å². The molecule has 0 fully saturated rings. The Morgan fingerprint density at radius 3 is 2.44 bits per heavy atom. The summed E-state index contributed by atoms with van der Waals surface area (Å²) in [5.74, 6) is 0.0779. The summed E-state index contributed by atoms with van der Waals surface area (Å²) in [6, 6.07) is 14.8. The number of fused-ring (bicyclic) bond motifs is 1. The molecule has 2 N–H and O–H groups in total. The zero-order valence-electron chi connectivity index (χ0n) is 14.0. The fraction of sp³-hybridized carbons (Fsp3) is 0.100. The number of nitrogens with two attached hydrogens (primary N) is 1. The predicted octanol–water partition coefficient (Wildman–Crippen LogP) is 4.40. The van der Waals surface area contributed by atoms with Gasteiger partial charge in [-0.3, -0.25) is 0 Å². The number of anilines is 1. The van der Waals surface area contributed by atoms with E-state index in [1.54, 1.807) is 35.0 Å². The van der Waals surface area contributed by atoms with Gasteiger partial charge < -0.3 is 5.73 Å². The van der Waals surface area contributed by atoms with Gasteiger partial charge in [-0.1, -0.05) is 24.3 Å². The van der Waals surface area contributed by atoms with Crippen LogP contribution in [0.1, 0.15) is 11.1 Å². The molecule has 2 aromatic carbocycles. The molecule has 2 aromatic heterocycles. The zero-order valence-corrected chi connectivity index (χ0v) is 14.0. The van der Waals surface area contributed by atoms with Gasteiger partial charge in [-0.05, 0) is 60.4 Å². The number of hydrogen-bond acceptors (Lipinski definition) is 3. The summed E-state index contributed by atoms with van der Waals surface area (Å²) in [6.07, 6.45) is 1.68. The molecule has 0 aliphatic carbocycles. The van der Waals surface area contributed by atoms with E-state index < -0.39 is 0 Å². The predicted molar refractivity (Wildman–Crippen MR) is 97.7 cm³/mol. The minimum atomic E-state index is -0.313. The quantitative estimate of drug-likeness (QED) is 0.592. The second-order valence-electron chi connectivity index (χ2n) is 6.18. The van der Waals surface area contributed by atoms with E-state index >= 15 is 0 Å². The Hall–Kier alpha value is -3.21. The van der Waals surface area contributed by atoms with Crippen LogP contribution in [0.4, 0.5) is 10.2 Å². The largest absolute Gasteiger partial charge is 0.382 e. The van der Waals surface area contributed by atoms with Crippen molar-refractivity contribution in [2.45, 2.75) is 13.8 Å². The van der Waals surface area contributed by atoms with Gasteiger partial charge in [0.15, 0.2) is 5.65 Å². The van der Waals surface area contributed by atoms with Crippen LogP contribution in [0.2, 0.25) is 0 Å². The van der Waals surface area contributed by atoms with Crippen molar-refractivity contribution in [3.63, 3.8) is 0 Å². The maximum Gasteiger partial charge on any atom is 0.154 e. The number of hydrogen-bond donors (Lipinski definition) is 1. The Morgan fingerprint density at radius 1 is 0.920 bits per heavy atom. The van der Waals surface area contributed by atoms with Crippen molar-refractivity contribution in [3.05, 3.63) is 71.7 Å². The summed E-state index contributed by atoms with van der Waals surface area (Å²) in [5.41, 5.74) is 11.5. The molecule has 0 radical (unpaired) electrons. The van der Waals surface area contributed by atoms with Crippen LogP contribution in [-0.4, -0.2) is 14.6 Å². The number of benzene rings is 2. The van der Waals surface area contributed by atoms with Crippen molar-refractivity contribution in [2.75, 3.05) is 5.73 Å². The molecule has 0 aliphatic heterocycles. The summed E-state index contributed by atoms with van der Waals surface area (Å²) >= 11 is 0. The lowest BCUT2D eigenvalue weighted by Crippen LogP contribution is -1.95. The van der Waals surface area contributed by atoms with Crippen LogP contribution in [0.3, 0.4) is 0 Å². The van der Waals surface area contributed by atoms with Gasteiger partial charge in [0.25, 0.3) is 0 Å². The Kier molecular flexibility index (Phi) is 3.50. The van der Waals surface area contributed by atoms with Crippen LogP contribution < -0.4 is 5.73 Å². The lowest BCUT2D eigenvalue weighted by atomic mass is 9.99. The fourth-order valence-electron chi connectivity index (χ4n) is 2.85. The highest BCUT2D eigenvalue weighted by atomic mass is 19.1. The van der Waals surface area contributed by atoms with E-state index in [0.717, 1.165) is 11.1 Å². The molecule has 2 heterocycles. The molecule has 0 bridgehead atoms. The molecule has 4 nitrogen and oxygen atoms in total. The molecular formula is C20H17FN4. The number of aromatic nitrogens is 3. The standard InChI is InChI=1S/C20H17FN4/c1-12-3-4-14(9-13(12)2)15-5-6-16(17(21)10-15)18-11-25-20(23-18)8-7-19(22)24-25/h3-11H,1-2H3,(H2,22,24).